The van der Waals surface area contributed by atoms with Gasteiger partial charge in [-0.2, -0.15) is 0 Å². The summed E-state index contributed by atoms with van der Waals surface area (Å²) in [5.41, 5.74) is 2.16. The smallest absolute Gasteiger partial charge is 0.0953 e. The van der Waals surface area contributed by atoms with E-state index in [4.69, 9.17) is 5.11 Å². The predicted octanol–water partition coefficient (Wildman–Crippen LogP) is 2.30. The lowest BCUT2D eigenvalue weighted by molar-refractivity contribution is 0.256. The molecule has 0 amide bonds. The highest BCUT2D eigenvalue weighted by atomic mass is 16.3. The Morgan fingerprint density at radius 3 is 2.70 bits per heavy atom. The third-order valence-corrected chi connectivity index (χ3v) is 3.41. The third kappa shape index (κ3) is 4.18. The fourth-order valence-electron chi connectivity index (χ4n) is 2.13. The lowest BCUT2D eigenvalue weighted by Crippen LogP contribution is -2.41. The van der Waals surface area contributed by atoms with Crippen molar-refractivity contribution in [2.24, 2.45) is 0 Å². The molecule has 1 heterocycles. The Morgan fingerprint density at radius 1 is 1.25 bits per heavy atom. The van der Waals surface area contributed by atoms with Gasteiger partial charge in [0.25, 0.3) is 0 Å². The zero-order chi connectivity index (χ0) is 14.4. The quantitative estimate of drug-likeness (QED) is 0.814. The number of nitrogens with one attached hydrogen (secondary N) is 1. The van der Waals surface area contributed by atoms with E-state index in [0.717, 1.165) is 24.2 Å². The minimum Gasteiger partial charge on any atom is -0.395 e. The van der Waals surface area contributed by atoms with Gasteiger partial charge in [0.2, 0.25) is 0 Å². The van der Waals surface area contributed by atoms with E-state index >= 15 is 0 Å². The van der Waals surface area contributed by atoms with Crippen molar-refractivity contribution in [1.29, 1.82) is 0 Å². The molecule has 0 radical (unpaired) electrons. The van der Waals surface area contributed by atoms with Crippen molar-refractivity contribution >= 4 is 0 Å². The standard InChI is InChI=1S/C16H23N3O/c1-16(2,18-9-11-20)8-10-19-12-15(17-13-19)14-6-4-3-5-7-14/h3-7,12-13,18,20H,8-11H2,1-2H3. The number of hydrogen-bond acceptors (Lipinski definition) is 3. The lowest BCUT2D eigenvalue weighted by atomic mass is 10.0. The first-order valence-electron chi connectivity index (χ1n) is 7.04. The number of rotatable bonds is 7. The lowest BCUT2D eigenvalue weighted by Gasteiger charge is -2.26. The molecule has 4 heteroatoms. The van der Waals surface area contributed by atoms with Crippen molar-refractivity contribution in [3.8, 4) is 11.3 Å². The first-order valence-corrected chi connectivity index (χ1v) is 7.04. The molecule has 0 spiro atoms. The van der Waals surface area contributed by atoms with Crippen LogP contribution in [0.1, 0.15) is 20.3 Å². The largest absolute Gasteiger partial charge is 0.395 e. The molecule has 4 nitrogen and oxygen atoms in total. The first-order chi connectivity index (χ1) is 9.61. The van der Waals surface area contributed by atoms with E-state index in [1.54, 1.807) is 0 Å². The molecule has 0 atom stereocenters. The SMILES string of the molecule is CC(C)(CCn1cnc(-c2ccccc2)c1)NCCO. The summed E-state index contributed by atoms with van der Waals surface area (Å²) in [6, 6.07) is 10.2. The summed E-state index contributed by atoms with van der Waals surface area (Å²) in [6.07, 6.45) is 4.94. The van der Waals surface area contributed by atoms with Crippen molar-refractivity contribution in [2.75, 3.05) is 13.2 Å². The molecule has 2 N–H and O–H groups in total. The van der Waals surface area contributed by atoms with Gasteiger partial charge in [0.1, 0.15) is 0 Å². The molecular weight excluding hydrogens is 250 g/mol. The summed E-state index contributed by atoms with van der Waals surface area (Å²) in [5.74, 6) is 0. The summed E-state index contributed by atoms with van der Waals surface area (Å²) >= 11 is 0. The molecule has 0 unspecified atom stereocenters. The monoisotopic (exact) mass is 273 g/mol. The molecule has 0 saturated heterocycles. The minimum atomic E-state index is 0.0138. The Balaban J connectivity index is 1.93. The van der Waals surface area contributed by atoms with Crippen LogP contribution in [0.3, 0.4) is 0 Å². The number of imidazole rings is 1. The van der Waals surface area contributed by atoms with Gasteiger partial charge in [-0.25, -0.2) is 4.98 Å². The van der Waals surface area contributed by atoms with Crippen LogP contribution in [-0.4, -0.2) is 33.3 Å². The summed E-state index contributed by atoms with van der Waals surface area (Å²) in [5, 5.41) is 12.2. The maximum absolute atomic E-state index is 8.87. The van der Waals surface area contributed by atoms with Gasteiger partial charge in [0, 0.05) is 30.4 Å². The van der Waals surface area contributed by atoms with Crippen LogP contribution in [0.5, 0.6) is 0 Å². The molecule has 1 aromatic carbocycles. The third-order valence-electron chi connectivity index (χ3n) is 3.41. The normalized spacial score (nSPS) is 11.8. The van der Waals surface area contributed by atoms with E-state index in [1.165, 1.54) is 0 Å². The Kier molecular flexibility index (Phi) is 4.93. The number of β-amino-alcohol motifs (C(OH)–C–C–N with tert-alkyl or cyclic N) is 1. The zero-order valence-electron chi connectivity index (χ0n) is 12.2. The second-order valence-electron chi connectivity index (χ2n) is 5.65. The van der Waals surface area contributed by atoms with Gasteiger partial charge in [-0.05, 0) is 20.3 Å². The number of aliphatic hydroxyl groups is 1. The topological polar surface area (TPSA) is 50.1 Å². The number of aryl methyl sites for hydroxylation is 1. The Hall–Kier alpha value is -1.65. The molecule has 1 aromatic heterocycles. The van der Waals surface area contributed by atoms with E-state index in [-0.39, 0.29) is 12.1 Å². The van der Waals surface area contributed by atoms with Crippen LogP contribution in [-0.2, 0) is 6.54 Å². The van der Waals surface area contributed by atoms with E-state index in [0.29, 0.717) is 6.54 Å². The van der Waals surface area contributed by atoms with Crippen LogP contribution in [0.15, 0.2) is 42.9 Å². The summed E-state index contributed by atoms with van der Waals surface area (Å²) in [6.45, 7) is 6.01. The van der Waals surface area contributed by atoms with Crippen molar-refractivity contribution < 1.29 is 5.11 Å². The van der Waals surface area contributed by atoms with Crippen molar-refractivity contribution in [2.45, 2.75) is 32.4 Å². The molecule has 0 saturated carbocycles. The van der Waals surface area contributed by atoms with Gasteiger partial charge in [-0.1, -0.05) is 30.3 Å². The second-order valence-corrected chi connectivity index (χ2v) is 5.65. The van der Waals surface area contributed by atoms with Crippen LogP contribution in [0.25, 0.3) is 11.3 Å². The van der Waals surface area contributed by atoms with Gasteiger partial charge in [-0.15, -0.1) is 0 Å². The highest BCUT2D eigenvalue weighted by Crippen LogP contribution is 2.17. The fraction of sp³-hybridized carbons (Fsp3) is 0.438. The Bertz CT molecular complexity index is 520. The summed E-state index contributed by atoms with van der Waals surface area (Å²) < 4.78 is 2.12. The van der Waals surface area contributed by atoms with Crippen LogP contribution in [0, 0.1) is 0 Å². The van der Waals surface area contributed by atoms with Crippen LogP contribution in [0.4, 0.5) is 0 Å². The average molecular weight is 273 g/mol. The molecule has 0 aliphatic rings. The van der Waals surface area contributed by atoms with E-state index in [9.17, 15) is 0 Å². The highest BCUT2D eigenvalue weighted by Gasteiger charge is 2.16. The van der Waals surface area contributed by atoms with E-state index in [1.807, 2.05) is 24.5 Å². The predicted molar refractivity (Wildman–Crippen MR) is 81.4 cm³/mol. The van der Waals surface area contributed by atoms with Gasteiger partial charge < -0.3 is 15.0 Å². The van der Waals surface area contributed by atoms with Gasteiger partial charge in [0.15, 0.2) is 0 Å². The molecule has 0 bridgehead atoms. The van der Waals surface area contributed by atoms with E-state index in [2.05, 4.69) is 47.0 Å². The number of nitrogens with zero attached hydrogens (tertiary/aromatic N) is 2. The van der Waals surface area contributed by atoms with Crippen molar-refractivity contribution in [3.05, 3.63) is 42.9 Å². The number of hydrogen-bond donors (Lipinski definition) is 2. The van der Waals surface area contributed by atoms with Crippen LogP contribution >= 0.6 is 0 Å². The molecule has 0 aliphatic heterocycles. The van der Waals surface area contributed by atoms with E-state index < -0.39 is 0 Å². The maximum Gasteiger partial charge on any atom is 0.0953 e. The summed E-state index contributed by atoms with van der Waals surface area (Å²) in [4.78, 5) is 4.45. The Morgan fingerprint density at radius 2 is 2.00 bits per heavy atom. The Labute approximate surface area is 120 Å². The highest BCUT2D eigenvalue weighted by molar-refractivity contribution is 5.57. The molecular formula is C16H23N3O. The number of aliphatic hydroxyl groups excluding tert-OH is 1. The fourth-order valence-corrected chi connectivity index (χ4v) is 2.13. The average Bonchev–Trinajstić information content (AvgIpc) is 2.93. The number of aromatic nitrogens is 2. The first kappa shape index (κ1) is 14.8. The van der Waals surface area contributed by atoms with Crippen molar-refractivity contribution in [1.82, 2.24) is 14.9 Å². The molecule has 0 aliphatic carbocycles. The molecule has 0 fully saturated rings. The maximum atomic E-state index is 8.87. The van der Waals surface area contributed by atoms with Crippen LogP contribution < -0.4 is 5.32 Å². The molecule has 20 heavy (non-hydrogen) atoms. The summed E-state index contributed by atoms with van der Waals surface area (Å²) in [7, 11) is 0. The molecule has 2 aromatic rings. The van der Waals surface area contributed by atoms with Crippen LogP contribution in [0.2, 0.25) is 0 Å². The van der Waals surface area contributed by atoms with Crippen molar-refractivity contribution in [3.63, 3.8) is 0 Å². The second kappa shape index (κ2) is 6.68. The molecule has 108 valence electrons. The minimum absolute atomic E-state index is 0.0138. The van der Waals surface area contributed by atoms with Gasteiger partial charge in [0.05, 0.1) is 18.6 Å². The zero-order valence-corrected chi connectivity index (χ0v) is 12.2. The molecule has 2 rings (SSSR count). The van der Waals surface area contributed by atoms with Gasteiger partial charge >= 0.3 is 0 Å². The number of benzene rings is 1. The van der Waals surface area contributed by atoms with Gasteiger partial charge in [-0.3, -0.25) is 0 Å².